The SMILES string of the molecule is O=C(CSc1nncn1CCc1ccccn1)Nc1cccc(N2CCCC2=O)c1. The molecule has 1 fully saturated rings. The van der Waals surface area contributed by atoms with E-state index in [0.29, 0.717) is 23.8 Å². The van der Waals surface area contributed by atoms with Crippen molar-refractivity contribution >= 4 is 35.0 Å². The number of benzene rings is 1. The van der Waals surface area contributed by atoms with Gasteiger partial charge in [-0.05, 0) is 36.8 Å². The molecular weight excluding hydrogens is 400 g/mol. The van der Waals surface area contributed by atoms with E-state index < -0.39 is 0 Å². The fraction of sp³-hybridized carbons (Fsp3) is 0.286. The molecular formula is C21H22N6O2S. The van der Waals surface area contributed by atoms with E-state index in [0.717, 1.165) is 30.8 Å². The second kappa shape index (κ2) is 9.53. The average molecular weight is 423 g/mol. The van der Waals surface area contributed by atoms with Gasteiger partial charge in [-0.15, -0.1) is 10.2 Å². The van der Waals surface area contributed by atoms with Crippen LogP contribution >= 0.6 is 11.8 Å². The molecule has 2 amide bonds. The van der Waals surface area contributed by atoms with Crippen LogP contribution in [0.4, 0.5) is 11.4 Å². The van der Waals surface area contributed by atoms with Crippen LogP contribution in [0.5, 0.6) is 0 Å². The van der Waals surface area contributed by atoms with Gasteiger partial charge in [-0.3, -0.25) is 14.6 Å². The highest BCUT2D eigenvalue weighted by atomic mass is 32.2. The lowest BCUT2D eigenvalue weighted by Crippen LogP contribution is -2.23. The molecule has 154 valence electrons. The Bertz CT molecular complexity index is 1020. The van der Waals surface area contributed by atoms with Gasteiger partial charge in [-0.1, -0.05) is 23.9 Å². The van der Waals surface area contributed by atoms with E-state index in [4.69, 9.17) is 0 Å². The Hall–Kier alpha value is -3.20. The number of carbonyl (C=O) groups excluding carboxylic acids is 2. The molecule has 0 saturated carbocycles. The molecule has 8 nitrogen and oxygen atoms in total. The first-order chi connectivity index (χ1) is 14.7. The van der Waals surface area contributed by atoms with Gasteiger partial charge in [-0.25, -0.2) is 0 Å². The van der Waals surface area contributed by atoms with Crippen molar-refractivity contribution in [2.75, 3.05) is 22.5 Å². The molecule has 0 radical (unpaired) electrons. The molecule has 1 aromatic carbocycles. The Morgan fingerprint density at radius 3 is 2.93 bits per heavy atom. The van der Waals surface area contributed by atoms with Crippen molar-refractivity contribution in [1.29, 1.82) is 0 Å². The number of nitrogens with zero attached hydrogens (tertiary/aromatic N) is 5. The van der Waals surface area contributed by atoms with Crippen molar-refractivity contribution in [2.45, 2.75) is 31.0 Å². The molecule has 0 atom stereocenters. The highest BCUT2D eigenvalue weighted by molar-refractivity contribution is 7.99. The maximum Gasteiger partial charge on any atom is 0.234 e. The number of aryl methyl sites for hydroxylation is 2. The van der Waals surface area contributed by atoms with Crippen LogP contribution in [0.15, 0.2) is 60.1 Å². The number of aromatic nitrogens is 4. The summed E-state index contributed by atoms with van der Waals surface area (Å²) in [6.45, 7) is 1.42. The number of carbonyl (C=O) groups is 2. The molecule has 3 heterocycles. The third-order valence-electron chi connectivity index (χ3n) is 4.76. The van der Waals surface area contributed by atoms with E-state index in [2.05, 4.69) is 20.5 Å². The number of nitrogens with one attached hydrogen (secondary N) is 1. The molecule has 1 aliphatic rings. The first-order valence-corrected chi connectivity index (χ1v) is 10.8. The van der Waals surface area contributed by atoms with Gasteiger partial charge in [0, 0.05) is 49.2 Å². The second-order valence-electron chi connectivity index (χ2n) is 6.91. The highest BCUT2D eigenvalue weighted by Gasteiger charge is 2.21. The van der Waals surface area contributed by atoms with Crippen LogP contribution in [0.25, 0.3) is 0 Å². The van der Waals surface area contributed by atoms with Crippen molar-refractivity contribution in [2.24, 2.45) is 0 Å². The van der Waals surface area contributed by atoms with Crippen LogP contribution in [-0.2, 0) is 22.6 Å². The average Bonchev–Trinajstić information content (AvgIpc) is 3.40. The molecule has 4 rings (SSSR count). The predicted octanol–water partition coefficient (Wildman–Crippen LogP) is 2.77. The summed E-state index contributed by atoms with van der Waals surface area (Å²) in [6.07, 6.45) is 5.65. The zero-order chi connectivity index (χ0) is 20.8. The molecule has 1 aliphatic heterocycles. The summed E-state index contributed by atoms with van der Waals surface area (Å²) >= 11 is 1.34. The number of anilines is 2. The number of pyridine rings is 1. The van der Waals surface area contributed by atoms with E-state index in [-0.39, 0.29) is 17.6 Å². The van der Waals surface area contributed by atoms with Crippen LogP contribution in [0.1, 0.15) is 18.5 Å². The van der Waals surface area contributed by atoms with Crippen molar-refractivity contribution in [3.8, 4) is 0 Å². The van der Waals surface area contributed by atoms with Crippen LogP contribution in [0.3, 0.4) is 0 Å². The minimum atomic E-state index is -0.135. The highest BCUT2D eigenvalue weighted by Crippen LogP contribution is 2.24. The van der Waals surface area contributed by atoms with Gasteiger partial charge in [0.15, 0.2) is 5.16 Å². The number of thioether (sulfide) groups is 1. The van der Waals surface area contributed by atoms with Crippen molar-refractivity contribution < 1.29 is 9.59 Å². The zero-order valence-corrected chi connectivity index (χ0v) is 17.2. The fourth-order valence-corrected chi connectivity index (χ4v) is 4.03. The van der Waals surface area contributed by atoms with E-state index in [1.165, 1.54) is 11.8 Å². The third-order valence-corrected chi connectivity index (χ3v) is 5.74. The summed E-state index contributed by atoms with van der Waals surface area (Å²) in [4.78, 5) is 30.4. The van der Waals surface area contributed by atoms with E-state index >= 15 is 0 Å². The van der Waals surface area contributed by atoms with E-state index in [1.54, 1.807) is 17.4 Å². The van der Waals surface area contributed by atoms with Gasteiger partial charge < -0.3 is 14.8 Å². The molecule has 0 spiro atoms. The summed E-state index contributed by atoms with van der Waals surface area (Å²) in [5.41, 5.74) is 2.49. The van der Waals surface area contributed by atoms with Gasteiger partial charge in [0.2, 0.25) is 11.8 Å². The first kappa shape index (κ1) is 20.1. The Balaban J connectivity index is 1.30. The van der Waals surface area contributed by atoms with E-state index in [1.807, 2.05) is 47.0 Å². The van der Waals surface area contributed by atoms with Crippen molar-refractivity contribution in [3.05, 3.63) is 60.7 Å². The van der Waals surface area contributed by atoms with Gasteiger partial charge in [0.1, 0.15) is 6.33 Å². The second-order valence-corrected chi connectivity index (χ2v) is 7.86. The lowest BCUT2D eigenvalue weighted by molar-refractivity contribution is -0.117. The van der Waals surface area contributed by atoms with Gasteiger partial charge >= 0.3 is 0 Å². The summed E-state index contributed by atoms with van der Waals surface area (Å²) in [5.74, 6) is 0.207. The summed E-state index contributed by atoms with van der Waals surface area (Å²) in [7, 11) is 0. The predicted molar refractivity (Wildman–Crippen MR) is 115 cm³/mol. The van der Waals surface area contributed by atoms with Crippen molar-refractivity contribution in [1.82, 2.24) is 19.7 Å². The number of hydrogen-bond acceptors (Lipinski definition) is 6. The Labute approximate surface area is 178 Å². The minimum Gasteiger partial charge on any atom is -0.325 e. The summed E-state index contributed by atoms with van der Waals surface area (Å²) in [6, 6.07) is 13.2. The molecule has 0 bridgehead atoms. The van der Waals surface area contributed by atoms with Crippen LogP contribution in [0.2, 0.25) is 0 Å². The third kappa shape index (κ3) is 5.04. The fourth-order valence-electron chi connectivity index (χ4n) is 3.29. The molecule has 2 aromatic heterocycles. The molecule has 1 N–H and O–H groups in total. The number of amides is 2. The lowest BCUT2D eigenvalue weighted by Gasteiger charge is -2.16. The van der Waals surface area contributed by atoms with E-state index in [9.17, 15) is 9.59 Å². The standard InChI is InChI=1S/C21H22N6O2S/c28-19(24-17-6-3-7-18(13-17)27-11-4-8-20(27)29)14-30-21-25-23-15-26(21)12-9-16-5-1-2-10-22-16/h1-3,5-7,10,13,15H,4,8-9,11-12,14H2,(H,24,28). The normalized spacial score (nSPS) is 13.6. The topological polar surface area (TPSA) is 93.0 Å². The van der Waals surface area contributed by atoms with Gasteiger partial charge in [0.05, 0.1) is 5.75 Å². The summed E-state index contributed by atoms with van der Waals surface area (Å²) < 4.78 is 1.92. The molecule has 3 aromatic rings. The maximum absolute atomic E-state index is 12.4. The number of rotatable bonds is 8. The molecule has 0 unspecified atom stereocenters. The lowest BCUT2D eigenvalue weighted by atomic mass is 10.2. The zero-order valence-electron chi connectivity index (χ0n) is 16.4. The van der Waals surface area contributed by atoms with Gasteiger partial charge in [-0.2, -0.15) is 0 Å². The van der Waals surface area contributed by atoms with Crippen LogP contribution in [0, 0.1) is 0 Å². The first-order valence-electron chi connectivity index (χ1n) is 9.80. The Morgan fingerprint density at radius 1 is 1.20 bits per heavy atom. The molecule has 1 saturated heterocycles. The monoisotopic (exact) mass is 422 g/mol. The summed E-state index contributed by atoms with van der Waals surface area (Å²) in [5, 5.41) is 11.7. The molecule has 9 heteroatoms. The van der Waals surface area contributed by atoms with Gasteiger partial charge in [0.25, 0.3) is 0 Å². The number of hydrogen-bond donors (Lipinski definition) is 1. The van der Waals surface area contributed by atoms with Crippen LogP contribution in [-0.4, -0.2) is 43.9 Å². The van der Waals surface area contributed by atoms with Crippen LogP contribution < -0.4 is 10.2 Å². The quantitative estimate of drug-likeness (QED) is 0.561. The largest absolute Gasteiger partial charge is 0.325 e. The molecule has 30 heavy (non-hydrogen) atoms. The Kier molecular flexibility index (Phi) is 6.38. The molecule has 0 aliphatic carbocycles. The Morgan fingerprint density at radius 2 is 2.13 bits per heavy atom. The smallest absolute Gasteiger partial charge is 0.234 e. The maximum atomic E-state index is 12.4. The van der Waals surface area contributed by atoms with Crippen molar-refractivity contribution in [3.63, 3.8) is 0 Å². The minimum absolute atomic E-state index is 0.124.